The van der Waals surface area contributed by atoms with Gasteiger partial charge in [0.2, 0.25) is 5.91 Å². The summed E-state index contributed by atoms with van der Waals surface area (Å²) >= 11 is 3.46. The highest BCUT2D eigenvalue weighted by molar-refractivity contribution is 9.10. The Kier molecular flexibility index (Phi) is 8.33. The molecule has 2 N–H and O–H groups in total. The maximum Gasteiger partial charge on any atom is 0.253 e. The fraction of sp³-hybridized carbons (Fsp3) is 0.333. The third kappa shape index (κ3) is 6.71. The van der Waals surface area contributed by atoms with Gasteiger partial charge in [-0.1, -0.05) is 37.3 Å². The summed E-state index contributed by atoms with van der Waals surface area (Å²) in [5, 5.41) is 0. The molecule has 0 radical (unpaired) electrons. The number of carbonyl (C=O) groups excluding carboxylic acids is 2. The van der Waals surface area contributed by atoms with Gasteiger partial charge in [-0.25, -0.2) is 0 Å². The predicted molar refractivity (Wildman–Crippen MR) is 110 cm³/mol. The summed E-state index contributed by atoms with van der Waals surface area (Å²) in [5.74, 6) is 0.160. The molecule has 27 heavy (non-hydrogen) atoms. The summed E-state index contributed by atoms with van der Waals surface area (Å²) < 4.78 is 6.37. The molecule has 0 bridgehead atoms. The number of rotatable bonds is 10. The number of hydrogen-bond acceptors (Lipinski definition) is 3. The van der Waals surface area contributed by atoms with E-state index in [0.29, 0.717) is 37.4 Å². The van der Waals surface area contributed by atoms with Gasteiger partial charge < -0.3 is 15.4 Å². The number of nitrogens with two attached hydrogens (primary N) is 1. The van der Waals surface area contributed by atoms with Crippen molar-refractivity contribution in [1.29, 1.82) is 0 Å². The van der Waals surface area contributed by atoms with Gasteiger partial charge in [-0.3, -0.25) is 9.59 Å². The van der Waals surface area contributed by atoms with Gasteiger partial charge >= 0.3 is 0 Å². The number of halogens is 1. The molecule has 0 heterocycles. The van der Waals surface area contributed by atoms with Gasteiger partial charge in [-0.2, -0.15) is 0 Å². The van der Waals surface area contributed by atoms with Crippen LogP contribution in [-0.4, -0.2) is 36.4 Å². The summed E-state index contributed by atoms with van der Waals surface area (Å²) in [6.45, 7) is 3.47. The van der Waals surface area contributed by atoms with Crippen LogP contribution in [0.5, 0.6) is 5.75 Å². The fourth-order valence-electron chi connectivity index (χ4n) is 2.61. The van der Waals surface area contributed by atoms with Gasteiger partial charge in [0.15, 0.2) is 0 Å². The van der Waals surface area contributed by atoms with Gasteiger partial charge in [0.25, 0.3) is 5.91 Å². The van der Waals surface area contributed by atoms with E-state index in [2.05, 4.69) is 15.9 Å². The van der Waals surface area contributed by atoms with Crippen molar-refractivity contribution < 1.29 is 14.3 Å². The number of carbonyl (C=O) groups is 2. The van der Waals surface area contributed by atoms with Gasteiger partial charge in [-0.15, -0.1) is 0 Å². The van der Waals surface area contributed by atoms with Gasteiger partial charge in [-0.05, 0) is 52.5 Å². The smallest absolute Gasteiger partial charge is 0.253 e. The molecule has 0 atom stereocenters. The van der Waals surface area contributed by atoms with Crippen LogP contribution >= 0.6 is 15.9 Å². The Morgan fingerprint density at radius 1 is 1.11 bits per heavy atom. The maximum absolute atomic E-state index is 13.0. The molecular formula is C21H25BrN2O3. The Hall–Kier alpha value is -2.34. The number of primary amides is 1. The first kappa shape index (κ1) is 21.0. The molecule has 2 aromatic carbocycles. The van der Waals surface area contributed by atoms with Crippen molar-refractivity contribution in [3.8, 4) is 5.75 Å². The molecule has 5 nitrogen and oxygen atoms in total. The standard InChI is InChI=1S/C21H25BrN2O3/c1-2-14-27-19-9-8-17(15-18(19)22)21(26)24(13-11-20(23)25)12-10-16-6-4-3-5-7-16/h3-9,15H,2,10-14H2,1H3,(H2,23,25). The molecule has 0 aliphatic heterocycles. The van der Waals surface area contributed by atoms with E-state index in [-0.39, 0.29) is 12.3 Å². The number of ether oxygens (including phenoxy) is 1. The minimum absolute atomic E-state index is 0.130. The predicted octanol–water partition coefficient (Wildman–Crippen LogP) is 3.80. The highest BCUT2D eigenvalue weighted by atomic mass is 79.9. The SMILES string of the molecule is CCCOc1ccc(C(=O)N(CCC(N)=O)CCc2ccccc2)cc1Br. The highest BCUT2D eigenvalue weighted by Crippen LogP contribution is 2.27. The average Bonchev–Trinajstić information content (AvgIpc) is 2.67. The van der Waals surface area contributed by atoms with Crippen molar-refractivity contribution in [2.45, 2.75) is 26.2 Å². The number of benzene rings is 2. The molecule has 0 saturated carbocycles. The van der Waals surface area contributed by atoms with Crippen molar-refractivity contribution in [2.75, 3.05) is 19.7 Å². The molecule has 0 fully saturated rings. The topological polar surface area (TPSA) is 72.6 Å². The Balaban J connectivity index is 2.11. The quantitative estimate of drug-likeness (QED) is 0.620. The molecule has 0 spiro atoms. The van der Waals surface area contributed by atoms with E-state index in [0.717, 1.165) is 16.5 Å². The van der Waals surface area contributed by atoms with E-state index in [4.69, 9.17) is 10.5 Å². The number of amides is 2. The first-order valence-corrected chi connectivity index (χ1v) is 9.84. The first-order valence-electron chi connectivity index (χ1n) is 9.05. The molecule has 0 aliphatic rings. The van der Waals surface area contributed by atoms with Gasteiger partial charge in [0, 0.05) is 25.1 Å². The highest BCUT2D eigenvalue weighted by Gasteiger charge is 2.18. The largest absolute Gasteiger partial charge is 0.492 e. The summed E-state index contributed by atoms with van der Waals surface area (Å²) in [6, 6.07) is 15.2. The Morgan fingerprint density at radius 2 is 1.85 bits per heavy atom. The second kappa shape index (κ2) is 10.7. The second-order valence-corrected chi connectivity index (χ2v) is 7.09. The zero-order chi connectivity index (χ0) is 19.6. The van der Waals surface area contributed by atoms with Crippen LogP contribution in [-0.2, 0) is 11.2 Å². The molecular weight excluding hydrogens is 408 g/mol. The van der Waals surface area contributed by atoms with Crippen LogP contribution in [0.1, 0.15) is 35.7 Å². The summed E-state index contributed by atoms with van der Waals surface area (Å²) in [4.78, 5) is 25.8. The lowest BCUT2D eigenvalue weighted by atomic mass is 10.1. The van der Waals surface area contributed by atoms with Crippen molar-refractivity contribution in [3.63, 3.8) is 0 Å². The van der Waals surface area contributed by atoms with E-state index in [9.17, 15) is 9.59 Å². The van der Waals surface area contributed by atoms with Crippen LogP contribution in [0, 0.1) is 0 Å². The molecule has 0 saturated heterocycles. The van der Waals surface area contributed by atoms with Crippen molar-refractivity contribution in [3.05, 3.63) is 64.1 Å². The van der Waals surface area contributed by atoms with Crippen molar-refractivity contribution in [1.82, 2.24) is 4.90 Å². The maximum atomic E-state index is 13.0. The van der Waals surface area contributed by atoms with E-state index in [1.807, 2.05) is 37.3 Å². The Labute approximate surface area is 168 Å². The van der Waals surface area contributed by atoms with Crippen LogP contribution < -0.4 is 10.5 Å². The summed E-state index contributed by atoms with van der Waals surface area (Å²) in [6.07, 6.45) is 1.76. The summed E-state index contributed by atoms with van der Waals surface area (Å²) in [7, 11) is 0. The third-order valence-electron chi connectivity index (χ3n) is 4.07. The zero-order valence-electron chi connectivity index (χ0n) is 15.5. The van der Waals surface area contributed by atoms with Crippen molar-refractivity contribution >= 4 is 27.7 Å². The van der Waals surface area contributed by atoms with Crippen LogP contribution in [0.2, 0.25) is 0 Å². The van der Waals surface area contributed by atoms with Gasteiger partial charge in [0.1, 0.15) is 5.75 Å². The average molecular weight is 433 g/mol. The lowest BCUT2D eigenvalue weighted by Crippen LogP contribution is -2.35. The zero-order valence-corrected chi connectivity index (χ0v) is 17.1. The fourth-order valence-corrected chi connectivity index (χ4v) is 3.11. The van der Waals surface area contributed by atoms with Gasteiger partial charge in [0.05, 0.1) is 11.1 Å². The molecule has 6 heteroatoms. The Bertz CT molecular complexity index is 765. The number of nitrogens with zero attached hydrogens (tertiary/aromatic N) is 1. The molecule has 2 amide bonds. The van der Waals surface area contributed by atoms with Crippen molar-refractivity contribution in [2.24, 2.45) is 5.73 Å². The van der Waals surface area contributed by atoms with Crippen LogP contribution in [0.3, 0.4) is 0 Å². The van der Waals surface area contributed by atoms with Crippen LogP contribution in [0.15, 0.2) is 53.0 Å². The Morgan fingerprint density at radius 3 is 2.48 bits per heavy atom. The molecule has 2 aromatic rings. The minimum Gasteiger partial charge on any atom is -0.492 e. The second-order valence-electron chi connectivity index (χ2n) is 6.24. The van der Waals surface area contributed by atoms with E-state index >= 15 is 0 Å². The molecule has 2 rings (SSSR count). The first-order chi connectivity index (χ1) is 13.0. The molecule has 0 aromatic heterocycles. The molecule has 0 unspecified atom stereocenters. The minimum atomic E-state index is -0.419. The normalized spacial score (nSPS) is 10.4. The monoisotopic (exact) mass is 432 g/mol. The molecule has 144 valence electrons. The molecule has 0 aliphatic carbocycles. The van der Waals surface area contributed by atoms with Crippen LogP contribution in [0.25, 0.3) is 0 Å². The summed E-state index contributed by atoms with van der Waals surface area (Å²) in [5.41, 5.74) is 6.96. The van der Waals surface area contributed by atoms with Crippen LogP contribution in [0.4, 0.5) is 0 Å². The lowest BCUT2D eigenvalue weighted by molar-refractivity contribution is -0.118. The van der Waals surface area contributed by atoms with E-state index in [1.165, 1.54) is 0 Å². The van der Waals surface area contributed by atoms with E-state index in [1.54, 1.807) is 23.1 Å². The lowest BCUT2D eigenvalue weighted by Gasteiger charge is -2.23. The van der Waals surface area contributed by atoms with E-state index < -0.39 is 5.91 Å². The number of hydrogen-bond donors (Lipinski definition) is 1. The third-order valence-corrected chi connectivity index (χ3v) is 4.69.